The molecule has 0 aliphatic carbocycles. The normalized spacial score (nSPS) is 15.6. The average Bonchev–Trinajstić information content (AvgIpc) is 3.29. The van der Waals surface area contributed by atoms with Gasteiger partial charge in [0.25, 0.3) is 11.8 Å². The molecule has 3 aromatic rings. The van der Waals surface area contributed by atoms with E-state index in [-0.39, 0.29) is 17.5 Å². The van der Waals surface area contributed by atoms with Crippen molar-refractivity contribution in [1.29, 1.82) is 0 Å². The van der Waals surface area contributed by atoms with Crippen molar-refractivity contribution in [3.63, 3.8) is 0 Å². The highest BCUT2D eigenvalue weighted by Gasteiger charge is 2.35. The van der Waals surface area contributed by atoms with Crippen LogP contribution in [0.5, 0.6) is 5.75 Å². The van der Waals surface area contributed by atoms with Crippen LogP contribution < -0.4 is 20.3 Å². The number of aromatic nitrogens is 2. The second kappa shape index (κ2) is 10.1. The van der Waals surface area contributed by atoms with E-state index in [1.807, 2.05) is 61.2 Å². The molecule has 3 amide bonds. The molecule has 0 spiro atoms. The SMILES string of the molecule is CCCOc1ccccc1-n1nc(C(N)=O)c2c1C(=O)N(c1ccc(N3CCCCC3=O)cc1C)CC2. The summed E-state index contributed by atoms with van der Waals surface area (Å²) in [6.45, 7) is 5.55. The molecule has 5 rings (SSSR count). The van der Waals surface area contributed by atoms with Crippen LogP contribution >= 0.6 is 0 Å². The molecule has 1 fully saturated rings. The number of fused-ring (bicyclic) bond motifs is 1. The van der Waals surface area contributed by atoms with Crippen molar-refractivity contribution in [1.82, 2.24) is 9.78 Å². The minimum Gasteiger partial charge on any atom is -0.491 e. The van der Waals surface area contributed by atoms with Gasteiger partial charge in [0.15, 0.2) is 5.69 Å². The molecule has 0 bridgehead atoms. The Morgan fingerprint density at radius 1 is 1.03 bits per heavy atom. The lowest BCUT2D eigenvalue weighted by molar-refractivity contribution is -0.119. The average molecular weight is 502 g/mol. The number of nitrogens with two attached hydrogens (primary N) is 1. The number of carbonyl (C=O) groups is 3. The monoisotopic (exact) mass is 501 g/mol. The first kappa shape index (κ1) is 24.5. The second-order valence-corrected chi connectivity index (χ2v) is 9.45. The third kappa shape index (κ3) is 4.45. The molecule has 0 saturated carbocycles. The third-order valence-electron chi connectivity index (χ3n) is 6.91. The predicted molar refractivity (Wildman–Crippen MR) is 141 cm³/mol. The van der Waals surface area contributed by atoms with E-state index in [0.717, 1.165) is 36.2 Å². The van der Waals surface area contributed by atoms with Gasteiger partial charge in [-0.1, -0.05) is 19.1 Å². The Balaban J connectivity index is 1.54. The summed E-state index contributed by atoms with van der Waals surface area (Å²) >= 11 is 0. The number of benzene rings is 2. The first-order chi connectivity index (χ1) is 17.9. The molecular formula is C28H31N5O4. The molecule has 9 nitrogen and oxygen atoms in total. The van der Waals surface area contributed by atoms with Crippen molar-refractivity contribution in [2.75, 3.05) is 29.5 Å². The highest BCUT2D eigenvalue weighted by molar-refractivity contribution is 6.10. The van der Waals surface area contributed by atoms with E-state index in [1.54, 1.807) is 4.90 Å². The summed E-state index contributed by atoms with van der Waals surface area (Å²) in [5.74, 6) is -0.238. The van der Waals surface area contributed by atoms with E-state index in [9.17, 15) is 14.4 Å². The van der Waals surface area contributed by atoms with E-state index >= 15 is 0 Å². The molecule has 37 heavy (non-hydrogen) atoms. The van der Waals surface area contributed by atoms with E-state index in [0.29, 0.717) is 55.2 Å². The zero-order chi connectivity index (χ0) is 26.1. The van der Waals surface area contributed by atoms with Crippen LogP contribution in [0.3, 0.4) is 0 Å². The van der Waals surface area contributed by atoms with E-state index in [2.05, 4.69) is 5.10 Å². The fourth-order valence-corrected chi connectivity index (χ4v) is 5.12. The van der Waals surface area contributed by atoms with Gasteiger partial charge in [0.05, 0.1) is 6.61 Å². The van der Waals surface area contributed by atoms with Crippen LogP contribution in [0, 0.1) is 6.92 Å². The Morgan fingerprint density at radius 2 is 1.84 bits per heavy atom. The molecule has 1 saturated heterocycles. The maximum absolute atomic E-state index is 14.0. The van der Waals surface area contributed by atoms with Crippen LogP contribution in [0.2, 0.25) is 0 Å². The molecule has 2 aliphatic heterocycles. The number of ether oxygens (including phenoxy) is 1. The van der Waals surface area contributed by atoms with Gasteiger partial charge in [-0.05, 0) is 68.5 Å². The summed E-state index contributed by atoms with van der Waals surface area (Å²) in [6.07, 6.45) is 3.72. The molecule has 1 aromatic heterocycles. The lowest BCUT2D eigenvalue weighted by Gasteiger charge is -2.31. The van der Waals surface area contributed by atoms with Gasteiger partial charge in [0, 0.05) is 36.4 Å². The molecule has 2 aliphatic rings. The molecule has 0 unspecified atom stereocenters. The molecule has 0 atom stereocenters. The number of primary amides is 1. The fraction of sp³-hybridized carbons (Fsp3) is 0.357. The maximum atomic E-state index is 14.0. The Bertz CT molecular complexity index is 1380. The summed E-state index contributed by atoms with van der Waals surface area (Å²) in [5, 5.41) is 4.49. The molecular weight excluding hydrogens is 470 g/mol. The van der Waals surface area contributed by atoms with Crippen molar-refractivity contribution >= 4 is 29.1 Å². The van der Waals surface area contributed by atoms with E-state index in [1.165, 1.54) is 4.68 Å². The lowest BCUT2D eigenvalue weighted by atomic mass is 10.0. The first-order valence-corrected chi connectivity index (χ1v) is 12.8. The van der Waals surface area contributed by atoms with Crippen molar-refractivity contribution in [3.05, 3.63) is 65.0 Å². The summed E-state index contributed by atoms with van der Waals surface area (Å²) in [7, 11) is 0. The van der Waals surface area contributed by atoms with Crippen LogP contribution in [0.15, 0.2) is 42.5 Å². The lowest BCUT2D eigenvalue weighted by Crippen LogP contribution is -2.39. The van der Waals surface area contributed by atoms with Crippen molar-refractivity contribution in [2.45, 2.75) is 46.0 Å². The van der Waals surface area contributed by atoms with Gasteiger partial charge in [-0.3, -0.25) is 14.4 Å². The number of nitrogens with zero attached hydrogens (tertiary/aromatic N) is 4. The smallest absolute Gasteiger partial charge is 0.277 e. The number of amides is 3. The molecule has 0 radical (unpaired) electrons. The minimum absolute atomic E-state index is 0.101. The number of hydrogen-bond donors (Lipinski definition) is 1. The second-order valence-electron chi connectivity index (χ2n) is 9.45. The zero-order valence-corrected chi connectivity index (χ0v) is 21.2. The molecule has 3 heterocycles. The maximum Gasteiger partial charge on any atom is 0.277 e. The largest absolute Gasteiger partial charge is 0.491 e. The Morgan fingerprint density at radius 3 is 2.57 bits per heavy atom. The summed E-state index contributed by atoms with van der Waals surface area (Å²) < 4.78 is 7.40. The standard InChI is InChI=1S/C28H31N5O4/c1-3-16-37-23-9-5-4-8-22(23)33-26-20(25(30-33)27(29)35)13-15-32(28(26)36)21-12-11-19(17-18(21)2)31-14-7-6-10-24(31)34/h4-5,8-9,11-12,17H,3,6-7,10,13-16H2,1-2H3,(H2,29,35). The van der Waals surface area contributed by atoms with Crippen LogP contribution in [-0.2, 0) is 11.2 Å². The number of carbonyl (C=O) groups excluding carboxylic acids is 3. The van der Waals surface area contributed by atoms with Crippen LogP contribution in [-0.4, -0.2) is 47.2 Å². The molecule has 9 heteroatoms. The van der Waals surface area contributed by atoms with Gasteiger partial charge < -0.3 is 20.3 Å². The highest BCUT2D eigenvalue weighted by Crippen LogP contribution is 2.34. The number of anilines is 2. The molecule has 2 N–H and O–H groups in total. The summed E-state index contributed by atoms with van der Waals surface area (Å²) in [4.78, 5) is 42.2. The van der Waals surface area contributed by atoms with Gasteiger partial charge in [0.1, 0.15) is 17.1 Å². The fourth-order valence-electron chi connectivity index (χ4n) is 5.12. The number of para-hydroxylation sites is 2. The molecule has 192 valence electrons. The van der Waals surface area contributed by atoms with Gasteiger partial charge in [-0.25, -0.2) is 4.68 Å². The predicted octanol–water partition coefficient (Wildman–Crippen LogP) is 3.79. The Kier molecular flexibility index (Phi) is 6.69. The van der Waals surface area contributed by atoms with Gasteiger partial charge in [0.2, 0.25) is 5.91 Å². The topological polar surface area (TPSA) is 111 Å². The number of aryl methyl sites for hydroxylation is 1. The van der Waals surface area contributed by atoms with Gasteiger partial charge in [-0.15, -0.1) is 0 Å². The number of rotatable bonds is 7. The van der Waals surface area contributed by atoms with Gasteiger partial charge >= 0.3 is 0 Å². The van der Waals surface area contributed by atoms with Gasteiger partial charge in [-0.2, -0.15) is 5.10 Å². The van der Waals surface area contributed by atoms with Crippen LogP contribution in [0.1, 0.15) is 64.7 Å². The van der Waals surface area contributed by atoms with Crippen LogP contribution in [0.25, 0.3) is 5.69 Å². The third-order valence-corrected chi connectivity index (χ3v) is 6.91. The quantitative estimate of drug-likeness (QED) is 0.530. The number of piperidine rings is 1. The Hall–Kier alpha value is -4.14. The van der Waals surface area contributed by atoms with Crippen molar-refractivity contribution < 1.29 is 19.1 Å². The highest BCUT2D eigenvalue weighted by atomic mass is 16.5. The summed E-state index contributed by atoms with van der Waals surface area (Å²) in [6, 6.07) is 13.1. The molecule has 2 aromatic carbocycles. The number of hydrogen-bond acceptors (Lipinski definition) is 5. The zero-order valence-electron chi connectivity index (χ0n) is 21.2. The van der Waals surface area contributed by atoms with Crippen molar-refractivity contribution in [2.24, 2.45) is 5.73 Å². The Labute approximate surface area is 215 Å². The summed E-state index contributed by atoms with van der Waals surface area (Å²) in [5.41, 5.74) is 9.68. The van der Waals surface area contributed by atoms with E-state index < -0.39 is 5.91 Å². The first-order valence-electron chi connectivity index (χ1n) is 12.8. The minimum atomic E-state index is -0.671. The van der Waals surface area contributed by atoms with E-state index in [4.69, 9.17) is 10.5 Å². The van der Waals surface area contributed by atoms with Crippen LogP contribution in [0.4, 0.5) is 11.4 Å². The van der Waals surface area contributed by atoms with Crippen molar-refractivity contribution in [3.8, 4) is 11.4 Å².